The number of halogens is 2. The Morgan fingerprint density at radius 3 is 2.41 bits per heavy atom. The molecule has 1 aliphatic carbocycles. The van der Waals surface area contributed by atoms with E-state index in [9.17, 15) is 23.2 Å². The van der Waals surface area contributed by atoms with Crippen molar-refractivity contribution >= 4 is 17.5 Å². The number of allylic oxidation sites excluding steroid dienone is 2. The Kier molecular flexibility index (Phi) is 7.82. The number of carbonyl (C=O) groups excluding carboxylic acids is 2. The number of unbranched alkanes of at least 4 members (excludes halogenated alkanes) is 3. The zero-order valence-corrected chi connectivity index (χ0v) is 15.1. The van der Waals surface area contributed by atoms with Crippen molar-refractivity contribution in [3.05, 3.63) is 47.5 Å². The van der Waals surface area contributed by atoms with Crippen LogP contribution in [0.25, 0.3) is 0 Å². The van der Waals surface area contributed by atoms with Crippen molar-refractivity contribution in [2.75, 3.05) is 0 Å². The third kappa shape index (κ3) is 6.70. The summed E-state index contributed by atoms with van der Waals surface area (Å²) in [6, 6.07) is 2.69. The Morgan fingerprint density at radius 1 is 1.07 bits per heavy atom. The number of hydrogen-bond acceptors (Lipinski definition) is 3. The molecule has 0 amide bonds. The first-order chi connectivity index (χ1) is 12.9. The molecule has 1 fully saturated rings. The van der Waals surface area contributed by atoms with Gasteiger partial charge in [0.1, 0.15) is 17.4 Å². The number of ketones is 2. The SMILES string of the molecule is O=C(O)CCCCCCC1C(=O)CCC1C=CC(=O)c1cc(F)cc(F)c1. The minimum Gasteiger partial charge on any atom is -0.481 e. The number of carbonyl (C=O) groups is 3. The number of benzene rings is 1. The number of hydrogen-bond donors (Lipinski definition) is 1. The van der Waals surface area contributed by atoms with Gasteiger partial charge in [0.15, 0.2) is 5.78 Å². The van der Waals surface area contributed by atoms with Crippen molar-refractivity contribution in [3.8, 4) is 0 Å². The molecule has 1 aromatic rings. The van der Waals surface area contributed by atoms with Gasteiger partial charge in [-0.25, -0.2) is 8.78 Å². The van der Waals surface area contributed by atoms with Gasteiger partial charge in [0, 0.05) is 30.4 Å². The fourth-order valence-corrected chi connectivity index (χ4v) is 3.54. The van der Waals surface area contributed by atoms with E-state index in [1.165, 1.54) is 6.08 Å². The maximum absolute atomic E-state index is 13.2. The normalized spacial score (nSPS) is 19.7. The third-order valence-corrected chi connectivity index (χ3v) is 4.95. The molecule has 0 spiro atoms. The average Bonchev–Trinajstić information content (AvgIpc) is 2.94. The van der Waals surface area contributed by atoms with E-state index in [1.807, 2.05) is 0 Å². The molecule has 0 aromatic heterocycles. The van der Waals surface area contributed by atoms with Crippen molar-refractivity contribution < 1.29 is 28.3 Å². The summed E-state index contributed by atoms with van der Waals surface area (Å²) in [5.41, 5.74) is -0.0527. The standard InChI is InChI=1S/C21H24F2O4/c22-16-11-15(12-17(23)13-16)19(24)9-7-14-8-10-20(25)18(14)5-3-1-2-4-6-21(26)27/h7,9,11-14,18H,1-6,8,10H2,(H,26,27). The van der Waals surface area contributed by atoms with E-state index in [-0.39, 0.29) is 29.6 Å². The highest BCUT2D eigenvalue weighted by atomic mass is 19.1. The lowest BCUT2D eigenvalue weighted by Crippen LogP contribution is -2.13. The summed E-state index contributed by atoms with van der Waals surface area (Å²) in [4.78, 5) is 34.7. The topological polar surface area (TPSA) is 71.4 Å². The molecular weight excluding hydrogens is 354 g/mol. The van der Waals surface area contributed by atoms with E-state index < -0.39 is 23.4 Å². The molecule has 1 aromatic carbocycles. The lowest BCUT2D eigenvalue weighted by Gasteiger charge is -2.14. The minimum absolute atomic E-state index is 0.0427. The second-order valence-corrected chi connectivity index (χ2v) is 7.00. The van der Waals surface area contributed by atoms with E-state index in [1.54, 1.807) is 6.08 Å². The number of aliphatic carboxylic acids is 1. The van der Waals surface area contributed by atoms with Crippen molar-refractivity contribution in [1.82, 2.24) is 0 Å². The van der Waals surface area contributed by atoms with Gasteiger partial charge < -0.3 is 5.11 Å². The van der Waals surface area contributed by atoms with E-state index >= 15 is 0 Å². The van der Waals surface area contributed by atoms with Crippen LogP contribution in [0.2, 0.25) is 0 Å². The first-order valence-corrected chi connectivity index (χ1v) is 9.30. The molecule has 1 N–H and O–H groups in total. The van der Waals surface area contributed by atoms with E-state index in [4.69, 9.17) is 5.11 Å². The van der Waals surface area contributed by atoms with E-state index in [0.29, 0.717) is 31.7 Å². The Morgan fingerprint density at radius 2 is 1.74 bits per heavy atom. The van der Waals surface area contributed by atoms with Crippen molar-refractivity contribution in [2.45, 2.75) is 51.4 Å². The quantitative estimate of drug-likeness (QED) is 0.363. The van der Waals surface area contributed by atoms with Crippen LogP contribution in [0.1, 0.15) is 61.7 Å². The highest BCUT2D eigenvalue weighted by Gasteiger charge is 2.32. The van der Waals surface area contributed by atoms with Crippen molar-refractivity contribution in [3.63, 3.8) is 0 Å². The summed E-state index contributed by atoms with van der Waals surface area (Å²) in [7, 11) is 0. The van der Waals surface area contributed by atoms with E-state index in [2.05, 4.69) is 0 Å². The highest BCUT2D eigenvalue weighted by Crippen LogP contribution is 2.34. The monoisotopic (exact) mass is 378 g/mol. The van der Waals surface area contributed by atoms with Crippen LogP contribution < -0.4 is 0 Å². The van der Waals surface area contributed by atoms with Crippen LogP contribution >= 0.6 is 0 Å². The molecular formula is C21H24F2O4. The molecule has 0 bridgehead atoms. The first-order valence-electron chi connectivity index (χ1n) is 9.30. The van der Waals surface area contributed by atoms with Gasteiger partial charge in [-0.05, 0) is 43.4 Å². The van der Waals surface area contributed by atoms with Crippen LogP contribution in [-0.2, 0) is 9.59 Å². The molecule has 0 saturated heterocycles. The van der Waals surface area contributed by atoms with Gasteiger partial charge in [0.25, 0.3) is 0 Å². The summed E-state index contributed by atoms with van der Waals surface area (Å²) in [5.74, 6) is -2.89. The van der Waals surface area contributed by atoms with Crippen LogP contribution in [-0.4, -0.2) is 22.6 Å². The van der Waals surface area contributed by atoms with Gasteiger partial charge in [-0.1, -0.05) is 25.3 Å². The summed E-state index contributed by atoms with van der Waals surface area (Å²) >= 11 is 0. The summed E-state index contributed by atoms with van der Waals surface area (Å²) < 4.78 is 26.4. The second kappa shape index (κ2) is 10.1. The molecule has 2 atom stereocenters. The van der Waals surface area contributed by atoms with Crippen LogP contribution in [0, 0.1) is 23.5 Å². The maximum atomic E-state index is 13.2. The van der Waals surface area contributed by atoms with Gasteiger partial charge in [0.05, 0.1) is 0 Å². The number of carboxylic acids is 1. The summed E-state index contributed by atoms with van der Waals surface area (Å²) in [6.07, 6.45) is 8.17. The lowest BCUT2D eigenvalue weighted by molar-refractivity contribution is -0.137. The zero-order valence-electron chi connectivity index (χ0n) is 15.1. The molecule has 1 aliphatic rings. The van der Waals surface area contributed by atoms with Crippen LogP contribution in [0.15, 0.2) is 30.4 Å². The van der Waals surface area contributed by atoms with Gasteiger partial charge in [-0.2, -0.15) is 0 Å². The number of Topliss-reactive ketones (excluding diaryl/α,β-unsaturated/α-hetero) is 1. The average molecular weight is 378 g/mol. The van der Waals surface area contributed by atoms with Gasteiger partial charge in [0.2, 0.25) is 0 Å². The largest absolute Gasteiger partial charge is 0.481 e. The molecule has 4 nitrogen and oxygen atoms in total. The van der Waals surface area contributed by atoms with Crippen LogP contribution in [0.4, 0.5) is 8.78 Å². The Bertz CT molecular complexity index is 707. The fourth-order valence-electron chi connectivity index (χ4n) is 3.54. The van der Waals surface area contributed by atoms with Crippen molar-refractivity contribution in [2.24, 2.45) is 11.8 Å². The van der Waals surface area contributed by atoms with Gasteiger partial charge in [-0.3, -0.25) is 14.4 Å². The predicted molar refractivity (Wildman–Crippen MR) is 96.4 cm³/mol. The maximum Gasteiger partial charge on any atom is 0.303 e. The van der Waals surface area contributed by atoms with Gasteiger partial charge >= 0.3 is 5.97 Å². The molecule has 2 unspecified atom stereocenters. The molecule has 0 radical (unpaired) electrons. The summed E-state index contributed by atoms with van der Waals surface area (Å²) in [6.45, 7) is 0. The predicted octanol–water partition coefficient (Wildman–Crippen LogP) is 4.72. The molecule has 2 rings (SSSR count). The molecule has 6 heteroatoms. The molecule has 0 heterocycles. The summed E-state index contributed by atoms with van der Waals surface area (Å²) in [5, 5.41) is 8.61. The molecule has 1 saturated carbocycles. The first kappa shape index (κ1) is 20.9. The molecule has 0 aliphatic heterocycles. The number of rotatable bonds is 10. The highest BCUT2D eigenvalue weighted by molar-refractivity contribution is 6.04. The van der Waals surface area contributed by atoms with E-state index in [0.717, 1.165) is 31.4 Å². The Labute approximate surface area is 157 Å². The molecule has 27 heavy (non-hydrogen) atoms. The molecule has 146 valence electrons. The van der Waals surface area contributed by atoms with Crippen LogP contribution in [0.5, 0.6) is 0 Å². The van der Waals surface area contributed by atoms with Crippen LogP contribution in [0.3, 0.4) is 0 Å². The zero-order chi connectivity index (χ0) is 19.8. The second-order valence-electron chi connectivity index (χ2n) is 7.00. The number of carboxylic acid groups (broad SMARTS) is 1. The lowest BCUT2D eigenvalue weighted by atomic mass is 9.89. The minimum atomic E-state index is -0.802. The Hall–Kier alpha value is -2.37. The smallest absolute Gasteiger partial charge is 0.303 e. The van der Waals surface area contributed by atoms with Gasteiger partial charge in [-0.15, -0.1) is 0 Å². The Balaban J connectivity index is 1.86. The third-order valence-electron chi connectivity index (χ3n) is 4.95. The van der Waals surface area contributed by atoms with Crippen molar-refractivity contribution in [1.29, 1.82) is 0 Å². The fraction of sp³-hybridized carbons (Fsp3) is 0.476.